The van der Waals surface area contributed by atoms with Crippen molar-refractivity contribution in [2.24, 2.45) is 5.92 Å². The summed E-state index contributed by atoms with van der Waals surface area (Å²) in [7, 11) is 0. The fourth-order valence-electron chi connectivity index (χ4n) is 3.79. The minimum atomic E-state index is -0.654. The Bertz CT molecular complexity index is 840. The van der Waals surface area contributed by atoms with Crippen molar-refractivity contribution < 1.29 is 10.2 Å². The van der Waals surface area contributed by atoms with Gasteiger partial charge in [-0.15, -0.1) is 0 Å². The monoisotopic (exact) mass is 312 g/mol. The van der Waals surface area contributed by atoms with Crippen LogP contribution in [0.1, 0.15) is 31.5 Å². The van der Waals surface area contributed by atoms with Crippen LogP contribution in [0.25, 0.3) is 16.5 Å². The van der Waals surface area contributed by atoms with Gasteiger partial charge in [-0.3, -0.25) is 4.79 Å². The van der Waals surface area contributed by atoms with Gasteiger partial charge >= 0.3 is 0 Å². The molecule has 0 amide bonds. The molecule has 1 aromatic heterocycles. The second kappa shape index (κ2) is 5.58. The molecule has 1 aliphatic heterocycles. The predicted molar refractivity (Wildman–Crippen MR) is 88.0 cm³/mol. The first-order valence-electron chi connectivity index (χ1n) is 8.20. The summed E-state index contributed by atoms with van der Waals surface area (Å²) in [6.07, 6.45) is 3.80. The van der Waals surface area contributed by atoms with Crippen molar-refractivity contribution in [3.05, 3.63) is 46.5 Å². The zero-order valence-corrected chi connectivity index (χ0v) is 12.9. The fourth-order valence-corrected chi connectivity index (χ4v) is 3.79. The molecule has 1 aliphatic carbocycles. The standard InChI is InChI=1S/C18H20N2O3/c21-15-6-5-11(10-16(15)22)9-12-7-8-20-14-4-2-1-3-13(14)18(23)19-17(12)20/h1-4,9,11,15-16,21-22H,5-8,10H2/b12-9-. The van der Waals surface area contributed by atoms with E-state index in [0.717, 1.165) is 36.3 Å². The van der Waals surface area contributed by atoms with E-state index in [4.69, 9.17) is 0 Å². The average Bonchev–Trinajstić information content (AvgIpc) is 2.94. The van der Waals surface area contributed by atoms with E-state index in [9.17, 15) is 15.0 Å². The molecule has 2 aliphatic rings. The van der Waals surface area contributed by atoms with Gasteiger partial charge in [0.15, 0.2) is 0 Å². The average molecular weight is 312 g/mol. The SMILES string of the molecule is O=c1nc2n(c3ccccc13)CC/C2=C/C1CCC(O)C(O)C1. The summed E-state index contributed by atoms with van der Waals surface area (Å²) in [6, 6.07) is 7.58. The Kier molecular flexibility index (Phi) is 3.54. The van der Waals surface area contributed by atoms with Crippen LogP contribution >= 0.6 is 0 Å². The predicted octanol–water partition coefficient (Wildman–Crippen LogP) is 1.71. The van der Waals surface area contributed by atoms with Crippen LogP contribution in [0.3, 0.4) is 0 Å². The molecule has 3 unspecified atom stereocenters. The van der Waals surface area contributed by atoms with Gasteiger partial charge in [0.25, 0.3) is 5.56 Å². The zero-order valence-electron chi connectivity index (χ0n) is 12.9. The summed E-state index contributed by atoms with van der Waals surface area (Å²) in [4.78, 5) is 16.5. The van der Waals surface area contributed by atoms with Crippen LogP contribution in [0.2, 0.25) is 0 Å². The molecule has 2 heterocycles. The van der Waals surface area contributed by atoms with Crippen molar-refractivity contribution in [1.29, 1.82) is 0 Å². The Labute approximate surface area is 133 Å². The molecule has 0 saturated heterocycles. The third kappa shape index (κ3) is 2.50. The van der Waals surface area contributed by atoms with Crippen LogP contribution in [0.5, 0.6) is 0 Å². The maximum atomic E-state index is 12.2. The van der Waals surface area contributed by atoms with E-state index in [1.165, 1.54) is 0 Å². The van der Waals surface area contributed by atoms with Crippen LogP contribution in [0, 0.1) is 5.92 Å². The molecule has 23 heavy (non-hydrogen) atoms. The van der Waals surface area contributed by atoms with E-state index in [2.05, 4.69) is 15.6 Å². The molecule has 1 fully saturated rings. The lowest BCUT2D eigenvalue weighted by Crippen LogP contribution is -2.33. The smallest absolute Gasteiger partial charge is 0.281 e. The van der Waals surface area contributed by atoms with Crippen molar-refractivity contribution in [3.63, 3.8) is 0 Å². The molecule has 5 heteroatoms. The molecule has 0 bridgehead atoms. The van der Waals surface area contributed by atoms with Crippen LogP contribution in [0.15, 0.2) is 35.1 Å². The van der Waals surface area contributed by atoms with Crippen LogP contribution in [0.4, 0.5) is 0 Å². The highest BCUT2D eigenvalue weighted by atomic mass is 16.3. The van der Waals surface area contributed by atoms with Gasteiger partial charge in [0, 0.05) is 6.54 Å². The van der Waals surface area contributed by atoms with Gasteiger partial charge in [-0.1, -0.05) is 18.2 Å². The van der Waals surface area contributed by atoms with Crippen molar-refractivity contribution in [1.82, 2.24) is 9.55 Å². The number of hydrogen-bond donors (Lipinski definition) is 2. The van der Waals surface area contributed by atoms with Crippen molar-refractivity contribution >= 4 is 16.5 Å². The molecule has 5 nitrogen and oxygen atoms in total. The number of aryl methyl sites for hydroxylation is 1. The Morgan fingerprint density at radius 1 is 1.17 bits per heavy atom. The van der Waals surface area contributed by atoms with Gasteiger partial charge in [0.1, 0.15) is 5.82 Å². The molecular formula is C18H20N2O3. The number of fused-ring (bicyclic) bond motifs is 3. The van der Waals surface area contributed by atoms with E-state index in [0.29, 0.717) is 18.2 Å². The van der Waals surface area contributed by atoms with E-state index in [-0.39, 0.29) is 11.5 Å². The second-order valence-electron chi connectivity index (χ2n) is 6.56. The van der Waals surface area contributed by atoms with Crippen molar-refractivity contribution in [2.75, 3.05) is 0 Å². The van der Waals surface area contributed by atoms with Crippen LogP contribution < -0.4 is 5.56 Å². The first-order chi connectivity index (χ1) is 11.1. The molecule has 0 spiro atoms. The maximum absolute atomic E-state index is 12.2. The molecule has 1 saturated carbocycles. The van der Waals surface area contributed by atoms with Gasteiger partial charge in [-0.2, -0.15) is 4.98 Å². The van der Waals surface area contributed by atoms with Crippen LogP contribution in [-0.2, 0) is 6.54 Å². The highest BCUT2D eigenvalue weighted by molar-refractivity contribution is 5.81. The Morgan fingerprint density at radius 2 is 2.00 bits per heavy atom. The summed E-state index contributed by atoms with van der Waals surface area (Å²) in [5.74, 6) is 0.993. The number of benzene rings is 1. The number of hydrogen-bond acceptors (Lipinski definition) is 4. The summed E-state index contributed by atoms with van der Waals surface area (Å²) >= 11 is 0. The zero-order chi connectivity index (χ0) is 16.0. The third-order valence-electron chi connectivity index (χ3n) is 5.04. The lowest BCUT2D eigenvalue weighted by Gasteiger charge is -2.28. The molecule has 4 rings (SSSR count). The maximum Gasteiger partial charge on any atom is 0.281 e. The molecule has 1 aromatic carbocycles. The number of aromatic nitrogens is 2. The summed E-state index contributed by atoms with van der Waals surface area (Å²) in [6.45, 7) is 0.826. The number of nitrogens with zero attached hydrogens (tertiary/aromatic N) is 2. The number of aliphatic hydroxyl groups excluding tert-OH is 2. The molecule has 3 atom stereocenters. The van der Waals surface area contributed by atoms with Gasteiger partial charge < -0.3 is 14.8 Å². The number of rotatable bonds is 1. The first-order valence-corrected chi connectivity index (χ1v) is 8.20. The fraction of sp³-hybridized carbons (Fsp3) is 0.444. The molecule has 2 N–H and O–H groups in total. The first kappa shape index (κ1) is 14.6. The van der Waals surface area contributed by atoms with Gasteiger partial charge in [0.05, 0.1) is 23.1 Å². The lowest BCUT2D eigenvalue weighted by atomic mass is 9.84. The van der Waals surface area contributed by atoms with Gasteiger partial charge in [0.2, 0.25) is 0 Å². The van der Waals surface area contributed by atoms with E-state index < -0.39 is 12.2 Å². The second-order valence-corrected chi connectivity index (χ2v) is 6.56. The van der Waals surface area contributed by atoms with Crippen molar-refractivity contribution in [2.45, 2.75) is 44.4 Å². The summed E-state index contributed by atoms with van der Waals surface area (Å²) in [5.41, 5.74) is 1.84. The Balaban J connectivity index is 1.73. The minimum absolute atomic E-state index is 0.182. The number of allylic oxidation sites excluding steroid dienone is 2. The lowest BCUT2D eigenvalue weighted by molar-refractivity contribution is -0.0188. The minimum Gasteiger partial charge on any atom is -0.390 e. The van der Waals surface area contributed by atoms with E-state index in [1.54, 1.807) is 0 Å². The largest absolute Gasteiger partial charge is 0.390 e. The third-order valence-corrected chi connectivity index (χ3v) is 5.04. The number of para-hydroxylation sites is 1. The Morgan fingerprint density at radius 3 is 2.83 bits per heavy atom. The molecular weight excluding hydrogens is 292 g/mol. The molecule has 120 valence electrons. The van der Waals surface area contributed by atoms with E-state index in [1.807, 2.05) is 24.3 Å². The van der Waals surface area contributed by atoms with E-state index >= 15 is 0 Å². The van der Waals surface area contributed by atoms with Gasteiger partial charge in [-0.05, 0) is 49.3 Å². The topological polar surface area (TPSA) is 75.4 Å². The summed E-state index contributed by atoms with van der Waals surface area (Å²) < 4.78 is 2.11. The summed E-state index contributed by atoms with van der Waals surface area (Å²) in [5, 5.41) is 20.2. The molecule has 2 aromatic rings. The van der Waals surface area contributed by atoms with Gasteiger partial charge in [-0.25, -0.2) is 0 Å². The quantitative estimate of drug-likeness (QED) is 0.840. The highest BCUT2D eigenvalue weighted by Crippen LogP contribution is 2.33. The normalized spacial score (nSPS) is 29.1. The highest BCUT2D eigenvalue weighted by Gasteiger charge is 2.28. The Hall–Kier alpha value is -1.98. The van der Waals surface area contributed by atoms with Crippen molar-refractivity contribution in [3.8, 4) is 0 Å². The number of aliphatic hydroxyl groups is 2. The van der Waals surface area contributed by atoms with Crippen LogP contribution in [-0.4, -0.2) is 32.0 Å². The molecule has 0 radical (unpaired) electrons.